The zero-order valence-electron chi connectivity index (χ0n) is 27.8. The van der Waals surface area contributed by atoms with Crippen molar-refractivity contribution in [2.45, 2.75) is 36.5 Å². The van der Waals surface area contributed by atoms with Gasteiger partial charge in [-0.05, 0) is 107 Å². The van der Waals surface area contributed by atoms with Gasteiger partial charge >= 0.3 is 0 Å². The van der Waals surface area contributed by atoms with Crippen molar-refractivity contribution >= 4 is 48.6 Å². The molecule has 0 aliphatic heterocycles. The smallest absolute Gasteiger partial charge is 0.0640 e. The van der Waals surface area contributed by atoms with Crippen LogP contribution in [0.3, 0.4) is 0 Å². The Balaban J connectivity index is 1.09. The average molecular weight is 658 g/mol. The monoisotopic (exact) mass is 657 g/mol. The quantitative estimate of drug-likeness (QED) is 0.183. The van der Waals surface area contributed by atoms with E-state index in [0.717, 1.165) is 25.7 Å². The fourth-order valence-electron chi connectivity index (χ4n) is 10.1. The summed E-state index contributed by atoms with van der Waals surface area (Å²) in [7, 11) is 0. The fourth-order valence-corrected chi connectivity index (χ4v) is 11.3. The minimum absolute atomic E-state index is 0.0222. The molecule has 0 bridgehead atoms. The first kappa shape index (κ1) is 28.4. The molecular weight excluding hydrogens is 623 g/mol. The highest BCUT2D eigenvalue weighted by Crippen LogP contribution is 2.64. The summed E-state index contributed by atoms with van der Waals surface area (Å²) in [5, 5.41) is 2.65. The Bertz CT molecular complexity index is 2570. The van der Waals surface area contributed by atoms with Gasteiger partial charge in [-0.25, -0.2) is 0 Å². The van der Waals surface area contributed by atoms with E-state index in [0.29, 0.717) is 0 Å². The molecule has 7 aromatic carbocycles. The third-order valence-electron chi connectivity index (χ3n) is 12.3. The van der Waals surface area contributed by atoms with Gasteiger partial charge in [-0.3, -0.25) is 0 Å². The maximum absolute atomic E-state index is 2.56. The van der Waals surface area contributed by atoms with Crippen molar-refractivity contribution in [3.8, 4) is 22.3 Å². The molecule has 0 atom stereocenters. The van der Waals surface area contributed by atoms with Crippen molar-refractivity contribution in [1.29, 1.82) is 0 Å². The third kappa shape index (κ3) is 3.77. The first-order valence-corrected chi connectivity index (χ1v) is 18.8. The van der Waals surface area contributed by atoms with Gasteiger partial charge in [-0.15, -0.1) is 11.3 Å². The number of fused-ring (bicyclic) bond motifs is 13. The summed E-state index contributed by atoms with van der Waals surface area (Å²) in [5.74, 6) is 0. The maximum Gasteiger partial charge on any atom is 0.0640 e. The van der Waals surface area contributed by atoms with E-state index in [1.807, 2.05) is 11.3 Å². The van der Waals surface area contributed by atoms with Crippen molar-refractivity contribution in [1.82, 2.24) is 0 Å². The molecular formula is C48H35NS. The highest BCUT2D eigenvalue weighted by atomic mass is 32.1. The lowest BCUT2D eigenvalue weighted by molar-refractivity contribution is 0.265. The van der Waals surface area contributed by atoms with Crippen molar-refractivity contribution in [2.75, 3.05) is 4.90 Å². The number of nitrogens with zero attached hydrogens (tertiary/aromatic N) is 1. The van der Waals surface area contributed by atoms with E-state index < -0.39 is 0 Å². The molecule has 1 fully saturated rings. The predicted molar refractivity (Wildman–Crippen MR) is 211 cm³/mol. The molecule has 238 valence electrons. The van der Waals surface area contributed by atoms with E-state index in [9.17, 15) is 0 Å². The number of anilines is 3. The van der Waals surface area contributed by atoms with Gasteiger partial charge in [0.25, 0.3) is 0 Å². The molecule has 3 aliphatic carbocycles. The molecule has 8 aromatic rings. The molecule has 0 N–H and O–H groups in total. The van der Waals surface area contributed by atoms with E-state index in [-0.39, 0.29) is 10.8 Å². The Hall–Kier alpha value is -5.44. The molecule has 1 saturated carbocycles. The molecule has 0 amide bonds. The number of hydrogen-bond acceptors (Lipinski definition) is 2. The lowest BCUT2D eigenvalue weighted by Gasteiger charge is -2.45. The Morgan fingerprint density at radius 2 is 0.920 bits per heavy atom. The lowest BCUT2D eigenvalue weighted by atomic mass is 9.57. The zero-order chi connectivity index (χ0) is 32.9. The van der Waals surface area contributed by atoms with Gasteiger partial charge in [0.2, 0.25) is 0 Å². The van der Waals surface area contributed by atoms with Gasteiger partial charge in [0, 0.05) is 37.7 Å². The van der Waals surface area contributed by atoms with Gasteiger partial charge in [0.05, 0.1) is 10.4 Å². The van der Waals surface area contributed by atoms with Crippen LogP contribution >= 0.6 is 11.3 Å². The van der Waals surface area contributed by atoms with Crippen LogP contribution in [0, 0.1) is 0 Å². The largest absolute Gasteiger partial charge is 0.309 e. The topological polar surface area (TPSA) is 3.24 Å². The average Bonchev–Trinajstić information content (AvgIpc) is 3.79. The third-order valence-corrected chi connectivity index (χ3v) is 13.5. The van der Waals surface area contributed by atoms with Gasteiger partial charge < -0.3 is 4.90 Å². The first-order valence-electron chi connectivity index (χ1n) is 17.9. The van der Waals surface area contributed by atoms with E-state index >= 15 is 0 Å². The van der Waals surface area contributed by atoms with Crippen molar-refractivity contribution < 1.29 is 0 Å². The number of hydrogen-bond donors (Lipinski definition) is 0. The van der Waals surface area contributed by atoms with Crippen LogP contribution in [0.2, 0.25) is 0 Å². The minimum atomic E-state index is -0.0222. The summed E-state index contributed by atoms with van der Waals surface area (Å²) in [5.41, 5.74) is 15.4. The zero-order valence-corrected chi connectivity index (χ0v) is 28.6. The highest BCUT2D eigenvalue weighted by molar-refractivity contribution is 7.26. The van der Waals surface area contributed by atoms with Crippen molar-refractivity contribution in [2.24, 2.45) is 0 Å². The molecule has 2 heteroatoms. The molecule has 2 spiro atoms. The molecule has 0 radical (unpaired) electrons. The van der Waals surface area contributed by atoms with Crippen LogP contribution in [-0.2, 0) is 10.8 Å². The Kier molecular flexibility index (Phi) is 5.98. The summed E-state index contributed by atoms with van der Waals surface area (Å²) in [4.78, 5) is 2.50. The standard InChI is InChI=1S/C48H35NS/c1-2-13-32(14-3-1)49(44-23-12-19-39-38-18-7-11-24-45(38)50-46(39)44)33-25-26-37-36-17-6-10-22-42(36)48(43(37)31-33)29-27-47(28-30-48)40-20-8-4-15-34(40)35-16-5-9-21-41(35)47/h1-26,31H,27-30H2. The SMILES string of the molecule is c1ccc(N(c2ccc3c(c2)C2(CCC4(CC2)c2ccccc2-c2ccccc24)c2ccccc2-3)c2cccc3c2sc2ccccc23)cc1. The van der Waals surface area contributed by atoms with Gasteiger partial charge in [-0.1, -0.05) is 127 Å². The van der Waals surface area contributed by atoms with Crippen LogP contribution < -0.4 is 4.90 Å². The second-order valence-electron chi connectivity index (χ2n) is 14.5. The Morgan fingerprint density at radius 3 is 1.58 bits per heavy atom. The number of benzene rings is 7. The van der Waals surface area contributed by atoms with Crippen LogP contribution in [0.1, 0.15) is 47.9 Å². The first-order chi connectivity index (χ1) is 24.8. The molecule has 1 aromatic heterocycles. The maximum atomic E-state index is 2.56. The minimum Gasteiger partial charge on any atom is -0.309 e. The van der Waals surface area contributed by atoms with Crippen LogP contribution in [0.5, 0.6) is 0 Å². The number of rotatable bonds is 3. The van der Waals surface area contributed by atoms with Gasteiger partial charge in [-0.2, -0.15) is 0 Å². The molecule has 0 unspecified atom stereocenters. The Labute approximate surface area is 297 Å². The van der Waals surface area contributed by atoms with Crippen LogP contribution in [-0.4, -0.2) is 0 Å². The van der Waals surface area contributed by atoms with Crippen LogP contribution in [0.25, 0.3) is 42.4 Å². The van der Waals surface area contributed by atoms with E-state index in [1.54, 1.807) is 0 Å². The second-order valence-corrected chi connectivity index (χ2v) is 15.5. The van der Waals surface area contributed by atoms with Crippen LogP contribution in [0.15, 0.2) is 164 Å². The summed E-state index contributed by atoms with van der Waals surface area (Å²) in [6.07, 6.45) is 4.53. The molecule has 1 heterocycles. The van der Waals surface area contributed by atoms with Gasteiger partial charge in [0.1, 0.15) is 0 Å². The van der Waals surface area contributed by atoms with E-state index in [4.69, 9.17) is 0 Å². The van der Waals surface area contributed by atoms with E-state index in [2.05, 4.69) is 169 Å². The van der Waals surface area contributed by atoms with Crippen molar-refractivity contribution in [3.05, 3.63) is 186 Å². The van der Waals surface area contributed by atoms with E-state index in [1.165, 1.54) is 81.7 Å². The fraction of sp³-hybridized carbons (Fsp3) is 0.125. The Morgan fingerprint density at radius 1 is 0.400 bits per heavy atom. The molecule has 11 rings (SSSR count). The summed E-state index contributed by atoms with van der Waals surface area (Å²) >= 11 is 1.90. The van der Waals surface area contributed by atoms with Crippen molar-refractivity contribution in [3.63, 3.8) is 0 Å². The number of thiophene rings is 1. The van der Waals surface area contributed by atoms with Crippen LogP contribution in [0.4, 0.5) is 17.1 Å². The molecule has 3 aliphatic rings. The number of para-hydroxylation sites is 1. The molecule has 50 heavy (non-hydrogen) atoms. The molecule has 1 nitrogen and oxygen atoms in total. The summed E-state index contributed by atoms with van der Waals surface area (Å²) < 4.78 is 2.66. The highest BCUT2D eigenvalue weighted by Gasteiger charge is 2.53. The predicted octanol–water partition coefficient (Wildman–Crippen LogP) is 13.3. The normalized spacial score (nSPS) is 16.0. The molecule has 0 saturated heterocycles. The summed E-state index contributed by atoms with van der Waals surface area (Å²) in [6, 6.07) is 61.6. The summed E-state index contributed by atoms with van der Waals surface area (Å²) in [6.45, 7) is 0. The second kappa shape index (κ2) is 10.5. The lowest BCUT2D eigenvalue weighted by Crippen LogP contribution is -2.39. The van der Waals surface area contributed by atoms with Gasteiger partial charge in [0.15, 0.2) is 0 Å².